The van der Waals surface area contributed by atoms with E-state index in [1.165, 1.54) is 4.90 Å². The van der Waals surface area contributed by atoms with Gasteiger partial charge in [-0.1, -0.05) is 24.9 Å². The zero-order chi connectivity index (χ0) is 24.4. The molecule has 1 aliphatic heterocycles. The molecule has 7 nitrogen and oxygen atoms in total. The molecule has 3 unspecified atom stereocenters. The highest BCUT2D eigenvalue weighted by Crippen LogP contribution is 2.43. The van der Waals surface area contributed by atoms with Crippen molar-refractivity contribution in [2.75, 3.05) is 19.6 Å². The highest BCUT2D eigenvalue weighted by molar-refractivity contribution is 6.36. The Labute approximate surface area is 199 Å². The molecule has 184 valence electrons. The average molecular weight is 499 g/mol. The van der Waals surface area contributed by atoms with Crippen molar-refractivity contribution >= 4 is 28.9 Å². The molecular weight excluding hydrogens is 473 g/mol. The average Bonchev–Trinajstić information content (AvgIpc) is 3.50. The lowest BCUT2D eigenvalue weighted by atomic mass is 10.0. The van der Waals surface area contributed by atoms with Gasteiger partial charge in [0.25, 0.3) is 5.91 Å². The summed E-state index contributed by atoms with van der Waals surface area (Å²) in [4.78, 5) is 29.0. The highest BCUT2D eigenvalue weighted by Gasteiger charge is 2.41. The molecule has 3 aliphatic rings. The lowest BCUT2D eigenvalue weighted by Gasteiger charge is -2.37. The molecule has 0 bridgehead atoms. The fourth-order valence-corrected chi connectivity index (χ4v) is 5.55. The molecule has 0 spiro atoms. The number of nitrogens with zero attached hydrogens (tertiary/aromatic N) is 4. The van der Waals surface area contributed by atoms with Crippen LogP contribution in [0.15, 0.2) is 12.1 Å². The van der Waals surface area contributed by atoms with E-state index in [-0.39, 0.29) is 53.1 Å². The van der Waals surface area contributed by atoms with Gasteiger partial charge in [0.2, 0.25) is 5.91 Å². The van der Waals surface area contributed by atoms with Crippen LogP contribution < -0.4 is 0 Å². The molecule has 1 saturated heterocycles. The Hall–Kier alpha value is -2.33. The Balaban J connectivity index is 1.39. The third-order valence-corrected chi connectivity index (χ3v) is 7.75. The molecule has 2 amide bonds. The Morgan fingerprint density at radius 3 is 2.56 bits per heavy atom. The Kier molecular flexibility index (Phi) is 5.79. The van der Waals surface area contributed by atoms with Crippen LogP contribution in [0, 0.1) is 5.92 Å². The van der Waals surface area contributed by atoms with E-state index in [0.29, 0.717) is 23.0 Å². The number of hydrogen-bond acceptors (Lipinski definition) is 4. The summed E-state index contributed by atoms with van der Waals surface area (Å²) in [7, 11) is 0. The summed E-state index contributed by atoms with van der Waals surface area (Å²) < 4.78 is 41.9. The molecule has 3 heterocycles. The van der Waals surface area contributed by atoms with Gasteiger partial charge in [0.1, 0.15) is 12.2 Å². The number of piperazine rings is 1. The van der Waals surface area contributed by atoms with Crippen LogP contribution in [0.2, 0.25) is 5.02 Å². The van der Waals surface area contributed by atoms with Gasteiger partial charge >= 0.3 is 6.18 Å². The van der Waals surface area contributed by atoms with E-state index in [9.17, 15) is 27.9 Å². The molecular formula is C23H26ClF3N4O3. The zero-order valence-corrected chi connectivity index (χ0v) is 19.4. The number of alkyl halides is 3. The van der Waals surface area contributed by atoms with Crippen LogP contribution in [-0.4, -0.2) is 68.1 Å². The third-order valence-electron chi connectivity index (χ3n) is 7.38. The van der Waals surface area contributed by atoms with Crippen molar-refractivity contribution in [2.24, 2.45) is 5.92 Å². The molecule has 2 aromatic heterocycles. The van der Waals surface area contributed by atoms with E-state index in [2.05, 4.69) is 5.10 Å². The van der Waals surface area contributed by atoms with Crippen molar-refractivity contribution in [1.82, 2.24) is 19.4 Å². The molecule has 2 aliphatic carbocycles. The number of aliphatic hydroxyl groups is 1. The zero-order valence-electron chi connectivity index (χ0n) is 18.7. The topological polar surface area (TPSA) is 78.1 Å². The van der Waals surface area contributed by atoms with Crippen molar-refractivity contribution < 1.29 is 27.9 Å². The fourth-order valence-electron chi connectivity index (χ4n) is 5.29. The predicted octanol–water partition coefficient (Wildman–Crippen LogP) is 3.72. The minimum atomic E-state index is -4.66. The second kappa shape index (κ2) is 8.41. The molecule has 3 atom stereocenters. The lowest BCUT2D eigenvalue weighted by molar-refractivity contribution is -0.142. The smallest absolute Gasteiger partial charge is 0.393 e. The molecule has 0 aromatic carbocycles. The summed E-state index contributed by atoms with van der Waals surface area (Å²) in [5.74, 6) is -0.706. The SMILES string of the molecule is CCC1CC(N2CCN(C(=O)c3nn4c(C(F)(F)F)cc(C5CC5)cc4c3Cl)CC2=O)CC1O. The van der Waals surface area contributed by atoms with Crippen LogP contribution in [0.3, 0.4) is 0 Å². The maximum atomic E-state index is 13.7. The minimum Gasteiger partial charge on any atom is -0.393 e. The van der Waals surface area contributed by atoms with Crippen molar-refractivity contribution in [3.05, 3.63) is 34.1 Å². The van der Waals surface area contributed by atoms with Gasteiger partial charge in [-0.05, 0) is 55.2 Å². The molecule has 0 radical (unpaired) electrons. The Morgan fingerprint density at radius 2 is 1.97 bits per heavy atom. The first-order valence-electron chi connectivity index (χ1n) is 11.6. The second-order valence-corrected chi connectivity index (χ2v) is 9.96. The molecule has 2 saturated carbocycles. The predicted molar refractivity (Wildman–Crippen MR) is 118 cm³/mol. The molecule has 11 heteroatoms. The molecule has 3 fully saturated rings. The van der Waals surface area contributed by atoms with Gasteiger partial charge in [-0.3, -0.25) is 9.59 Å². The van der Waals surface area contributed by atoms with Gasteiger partial charge in [0.15, 0.2) is 5.69 Å². The molecule has 2 aromatic rings. The lowest BCUT2D eigenvalue weighted by Crippen LogP contribution is -2.55. The van der Waals surface area contributed by atoms with Gasteiger partial charge in [0, 0.05) is 19.1 Å². The highest BCUT2D eigenvalue weighted by atomic mass is 35.5. The monoisotopic (exact) mass is 498 g/mol. The van der Waals surface area contributed by atoms with Gasteiger partial charge in [-0.25, -0.2) is 4.52 Å². The fraction of sp³-hybridized carbons (Fsp3) is 0.609. The van der Waals surface area contributed by atoms with Crippen molar-refractivity contribution in [3.8, 4) is 0 Å². The first kappa shape index (κ1) is 23.4. The normalized spacial score (nSPS) is 26.1. The van der Waals surface area contributed by atoms with E-state index < -0.39 is 23.9 Å². The van der Waals surface area contributed by atoms with Crippen molar-refractivity contribution in [3.63, 3.8) is 0 Å². The molecule has 34 heavy (non-hydrogen) atoms. The van der Waals surface area contributed by atoms with Gasteiger partial charge in [-0.2, -0.15) is 18.3 Å². The van der Waals surface area contributed by atoms with Crippen LogP contribution in [0.25, 0.3) is 5.52 Å². The number of halogens is 4. The quantitative estimate of drug-likeness (QED) is 0.697. The van der Waals surface area contributed by atoms with Crippen LogP contribution in [0.4, 0.5) is 13.2 Å². The number of rotatable bonds is 4. The number of carbonyl (C=O) groups is 2. The number of aromatic nitrogens is 2. The van der Waals surface area contributed by atoms with Crippen LogP contribution >= 0.6 is 11.6 Å². The van der Waals surface area contributed by atoms with Gasteiger partial charge in [0.05, 0.1) is 16.6 Å². The Bertz CT molecular complexity index is 1150. The van der Waals surface area contributed by atoms with E-state index in [1.807, 2.05) is 6.92 Å². The van der Waals surface area contributed by atoms with E-state index in [4.69, 9.17) is 11.6 Å². The van der Waals surface area contributed by atoms with E-state index in [0.717, 1.165) is 31.7 Å². The first-order valence-corrected chi connectivity index (χ1v) is 12.0. The second-order valence-electron chi connectivity index (χ2n) is 9.58. The number of hydrogen-bond donors (Lipinski definition) is 1. The van der Waals surface area contributed by atoms with E-state index in [1.54, 1.807) is 11.0 Å². The Morgan fingerprint density at radius 1 is 1.24 bits per heavy atom. The standard InChI is InChI=1S/C23H26ClF3N4O3/c1-2-12-7-15(10-17(12)32)30-6-5-29(11-19(30)33)22(34)21-20(24)16-8-14(13-3-4-13)9-18(23(25,26)27)31(16)28-21/h8-9,12-13,15,17,32H,2-7,10-11H2,1H3. The largest absolute Gasteiger partial charge is 0.433 e. The van der Waals surface area contributed by atoms with Gasteiger partial charge in [-0.15, -0.1) is 0 Å². The summed E-state index contributed by atoms with van der Waals surface area (Å²) in [6.45, 7) is 2.32. The first-order chi connectivity index (χ1) is 16.1. The summed E-state index contributed by atoms with van der Waals surface area (Å²) >= 11 is 6.39. The number of carbonyl (C=O) groups excluding carboxylic acids is 2. The van der Waals surface area contributed by atoms with Crippen LogP contribution in [0.5, 0.6) is 0 Å². The maximum absolute atomic E-state index is 13.7. The van der Waals surface area contributed by atoms with E-state index >= 15 is 0 Å². The third kappa shape index (κ3) is 4.04. The number of pyridine rings is 1. The number of amides is 2. The summed E-state index contributed by atoms with van der Waals surface area (Å²) in [6.07, 6.45) is -1.41. The summed E-state index contributed by atoms with van der Waals surface area (Å²) in [6, 6.07) is 2.57. The summed E-state index contributed by atoms with van der Waals surface area (Å²) in [5, 5.41) is 14.0. The van der Waals surface area contributed by atoms with Crippen LogP contribution in [0.1, 0.15) is 66.7 Å². The summed E-state index contributed by atoms with van der Waals surface area (Å²) in [5.41, 5.74) is -0.687. The maximum Gasteiger partial charge on any atom is 0.433 e. The minimum absolute atomic E-state index is 0.0391. The van der Waals surface area contributed by atoms with Crippen molar-refractivity contribution in [2.45, 2.75) is 63.3 Å². The molecule has 1 N–H and O–H groups in total. The van der Waals surface area contributed by atoms with Gasteiger partial charge < -0.3 is 14.9 Å². The molecule has 5 rings (SSSR count). The van der Waals surface area contributed by atoms with Crippen molar-refractivity contribution in [1.29, 1.82) is 0 Å². The number of aliphatic hydroxyl groups excluding tert-OH is 1. The van der Waals surface area contributed by atoms with Crippen LogP contribution in [-0.2, 0) is 11.0 Å². The number of fused-ring (bicyclic) bond motifs is 1.